The van der Waals surface area contributed by atoms with Gasteiger partial charge in [-0.25, -0.2) is 4.39 Å². The van der Waals surface area contributed by atoms with Crippen molar-refractivity contribution in [2.45, 2.75) is 32.9 Å². The molecule has 0 aromatic heterocycles. The Morgan fingerprint density at radius 2 is 2.00 bits per heavy atom. The van der Waals surface area contributed by atoms with Gasteiger partial charge in [-0.2, -0.15) is 0 Å². The van der Waals surface area contributed by atoms with E-state index in [-0.39, 0.29) is 12.1 Å². The molecule has 0 amide bonds. The molecular weight excluding hydrogens is 257 g/mol. The van der Waals surface area contributed by atoms with Crippen molar-refractivity contribution >= 4 is 17.6 Å². The van der Waals surface area contributed by atoms with Crippen LogP contribution in [-0.2, 0) is 11.3 Å². The second kappa shape index (κ2) is 5.67. The minimum absolute atomic E-state index is 0.0996. The van der Waals surface area contributed by atoms with Crippen molar-refractivity contribution in [3.63, 3.8) is 0 Å². The summed E-state index contributed by atoms with van der Waals surface area (Å²) in [6.07, 6.45) is 0. The molecule has 1 aromatic rings. The molecule has 0 radical (unpaired) electrons. The van der Waals surface area contributed by atoms with E-state index >= 15 is 0 Å². The lowest BCUT2D eigenvalue weighted by Crippen LogP contribution is -2.43. The van der Waals surface area contributed by atoms with E-state index in [9.17, 15) is 9.18 Å². The van der Waals surface area contributed by atoms with Gasteiger partial charge in [0.1, 0.15) is 5.82 Å². The van der Waals surface area contributed by atoms with E-state index in [1.54, 1.807) is 11.0 Å². The molecule has 0 spiro atoms. The molecule has 0 aliphatic carbocycles. The summed E-state index contributed by atoms with van der Waals surface area (Å²) in [7, 11) is 0. The zero-order valence-corrected chi connectivity index (χ0v) is 11.5. The summed E-state index contributed by atoms with van der Waals surface area (Å²) in [5, 5.41) is 9.21. The maximum atomic E-state index is 13.2. The largest absolute Gasteiger partial charge is 0.480 e. The predicted octanol–water partition coefficient (Wildman–Crippen LogP) is 3.16. The van der Waals surface area contributed by atoms with Crippen molar-refractivity contribution in [2.75, 3.05) is 6.54 Å². The number of hydrogen-bond donors (Lipinski definition) is 1. The van der Waals surface area contributed by atoms with E-state index in [1.807, 2.05) is 20.8 Å². The first-order valence-corrected chi connectivity index (χ1v) is 5.98. The summed E-state index contributed by atoms with van der Waals surface area (Å²) in [6.45, 7) is 5.98. The first-order chi connectivity index (χ1) is 8.18. The van der Waals surface area contributed by atoms with Gasteiger partial charge in [0.25, 0.3) is 0 Å². The van der Waals surface area contributed by atoms with Gasteiger partial charge in [0.2, 0.25) is 0 Å². The molecule has 18 heavy (non-hydrogen) atoms. The third kappa shape index (κ3) is 4.63. The molecule has 0 saturated heterocycles. The Kier molecular flexibility index (Phi) is 4.71. The maximum Gasteiger partial charge on any atom is 0.317 e. The van der Waals surface area contributed by atoms with Crippen LogP contribution in [0.4, 0.5) is 4.39 Å². The summed E-state index contributed by atoms with van der Waals surface area (Å²) in [5.74, 6) is -1.32. The van der Waals surface area contributed by atoms with Crippen LogP contribution < -0.4 is 0 Å². The van der Waals surface area contributed by atoms with E-state index < -0.39 is 11.8 Å². The van der Waals surface area contributed by atoms with Crippen molar-refractivity contribution in [3.8, 4) is 0 Å². The molecule has 0 aliphatic heterocycles. The zero-order chi connectivity index (χ0) is 13.9. The first-order valence-electron chi connectivity index (χ1n) is 5.60. The van der Waals surface area contributed by atoms with Crippen molar-refractivity contribution in [1.82, 2.24) is 4.90 Å². The van der Waals surface area contributed by atoms with Gasteiger partial charge in [-0.3, -0.25) is 9.69 Å². The second-order valence-corrected chi connectivity index (χ2v) is 5.63. The fourth-order valence-corrected chi connectivity index (χ4v) is 1.86. The smallest absolute Gasteiger partial charge is 0.317 e. The minimum atomic E-state index is -0.910. The minimum Gasteiger partial charge on any atom is -0.480 e. The zero-order valence-electron chi connectivity index (χ0n) is 10.7. The Bertz CT molecular complexity index is 423. The fraction of sp³-hybridized carbons (Fsp3) is 0.462. The standard InChI is InChI=1S/C13H17ClFNO2/c1-13(2,3)16(8-12(17)18)7-9-4-10(14)6-11(15)5-9/h4-6H,7-8H2,1-3H3,(H,17,18). The van der Waals surface area contributed by atoms with E-state index in [4.69, 9.17) is 16.7 Å². The lowest BCUT2D eigenvalue weighted by atomic mass is 10.0. The number of aliphatic carboxylic acids is 1. The molecule has 0 atom stereocenters. The Labute approximate surface area is 111 Å². The number of carboxylic acid groups (broad SMARTS) is 1. The van der Waals surface area contributed by atoms with Gasteiger partial charge >= 0.3 is 5.97 Å². The molecule has 0 fully saturated rings. The van der Waals surface area contributed by atoms with Gasteiger partial charge in [0.15, 0.2) is 0 Å². The third-order valence-electron chi connectivity index (χ3n) is 2.57. The summed E-state index contributed by atoms with van der Waals surface area (Å²) in [6, 6.07) is 4.24. The highest BCUT2D eigenvalue weighted by molar-refractivity contribution is 6.30. The van der Waals surface area contributed by atoms with Gasteiger partial charge in [-0.15, -0.1) is 0 Å². The summed E-state index contributed by atoms with van der Waals surface area (Å²) in [4.78, 5) is 12.6. The van der Waals surface area contributed by atoms with Gasteiger partial charge in [0, 0.05) is 17.1 Å². The van der Waals surface area contributed by atoms with Gasteiger partial charge < -0.3 is 5.11 Å². The van der Waals surface area contributed by atoms with Crippen LogP contribution in [0, 0.1) is 5.82 Å². The van der Waals surface area contributed by atoms with Crippen molar-refractivity contribution < 1.29 is 14.3 Å². The van der Waals surface area contributed by atoms with Crippen molar-refractivity contribution in [3.05, 3.63) is 34.6 Å². The Morgan fingerprint density at radius 1 is 1.39 bits per heavy atom. The van der Waals surface area contributed by atoms with Crippen LogP contribution in [0.3, 0.4) is 0 Å². The SMILES string of the molecule is CC(C)(C)N(CC(=O)O)Cc1cc(F)cc(Cl)c1. The molecule has 1 N–H and O–H groups in total. The van der Waals surface area contributed by atoms with Crippen molar-refractivity contribution in [1.29, 1.82) is 0 Å². The number of benzene rings is 1. The quantitative estimate of drug-likeness (QED) is 0.916. The number of nitrogens with zero attached hydrogens (tertiary/aromatic N) is 1. The van der Waals surface area contributed by atoms with Crippen LogP contribution >= 0.6 is 11.6 Å². The Balaban J connectivity index is 2.92. The van der Waals surface area contributed by atoms with Gasteiger partial charge in [0.05, 0.1) is 6.54 Å². The molecule has 1 aromatic carbocycles. The number of halogens is 2. The van der Waals surface area contributed by atoms with Crippen LogP contribution in [0.5, 0.6) is 0 Å². The Hall–Kier alpha value is -1.13. The topological polar surface area (TPSA) is 40.5 Å². The summed E-state index contributed by atoms with van der Waals surface area (Å²) in [5.41, 5.74) is 0.341. The van der Waals surface area contributed by atoms with E-state index in [1.165, 1.54) is 12.1 Å². The third-order valence-corrected chi connectivity index (χ3v) is 2.79. The van der Waals surface area contributed by atoms with Crippen LogP contribution in [0.2, 0.25) is 5.02 Å². The summed E-state index contributed by atoms with van der Waals surface area (Å²) < 4.78 is 13.2. The average molecular weight is 274 g/mol. The van der Waals surface area contributed by atoms with Crippen molar-refractivity contribution in [2.24, 2.45) is 0 Å². The molecular formula is C13H17ClFNO2. The monoisotopic (exact) mass is 273 g/mol. The van der Waals surface area contributed by atoms with Gasteiger partial charge in [-0.05, 0) is 44.5 Å². The van der Waals surface area contributed by atoms with Crippen LogP contribution in [0.25, 0.3) is 0 Å². The molecule has 0 saturated carbocycles. The lowest BCUT2D eigenvalue weighted by Gasteiger charge is -2.34. The lowest BCUT2D eigenvalue weighted by molar-refractivity contribution is -0.139. The number of hydrogen-bond acceptors (Lipinski definition) is 2. The van der Waals surface area contributed by atoms with E-state index in [0.717, 1.165) is 0 Å². The normalized spacial score (nSPS) is 11.9. The highest BCUT2D eigenvalue weighted by atomic mass is 35.5. The Morgan fingerprint density at radius 3 is 2.44 bits per heavy atom. The maximum absolute atomic E-state index is 13.2. The molecule has 0 heterocycles. The van der Waals surface area contributed by atoms with Crippen LogP contribution in [-0.4, -0.2) is 28.1 Å². The number of rotatable bonds is 4. The fourth-order valence-electron chi connectivity index (χ4n) is 1.62. The molecule has 3 nitrogen and oxygen atoms in total. The number of carbonyl (C=O) groups is 1. The molecule has 0 unspecified atom stereocenters. The van der Waals surface area contributed by atoms with E-state index in [0.29, 0.717) is 17.1 Å². The van der Waals surface area contributed by atoms with Crippen LogP contribution in [0.1, 0.15) is 26.3 Å². The molecule has 100 valence electrons. The first kappa shape index (κ1) is 14.9. The van der Waals surface area contributed by atoms with E-state index in [2.05, 4.69) is 0 Å². The number of carboxylic acids is 1. The molecule has 0 aliphatic rings. The second-order valence-electron chi connectivity index (χ2n) is 5.20. The molecule has 5 heteroatoms. The van der Waals surface area contributed by atoms with Crippen LogP contribution in [0.15, 0.2) is 18.2 Å². The predicted molar refractivity (Wildman–Crippen MR) is 69.2 cm³/mol. The average Bonchev–Trinajstić information content (AvgIpc) is 2.12. The summed E-state index contributed by atoms with van der Waals surface area (Å²) >= 11 is 5.78. The molecule has 0 bridgehead atoms. The van der Waals surface area contributed by atoms with Gasteiger partial charge in [-0.1, -0.05) is 11.6 Å². The highest BCUT2D eigenvalue weighted by Gasteiger charge is 2.23. The highest BCUT2D eigenvalue weighted by Crippen LogP contribution is 2.20. The molecule has 1 rings (SSSR count).